The molecule has 0 saturated carbocycles. The average Bonchev–Trinajstić information content (AvgIpc) is 3.21. The largest absolute Gasteiger partial charge is 0.465 e. The first kappa shape index (κ1) is 17.5. The van der Waals surface area contributed by atoms with Crippen molar-refractivity contribution in [2.45, 2.75) is 25.8 Å². The van der Waals surface area contributed by atoms with E-state index < -0.39 is 0 Å². The van der Waals surface area contributed by atoms with Crippen LogP contribution >= 0.6 is 11.8 Å². The summed E-state index contributed by atoms with van der Waals surface area (Å²) < 4.78 is 5.25. The highest BCUT2D eigenvalue weighted by atomic mass is 32.2. The van der Waals surface area contributed by atoms with Crippen LogP contribution in [-0.4, -0.2) is 33.8 Å². The van der Waals surface area contributed by atoms with Crippen LogP contribution in [0.5, 0.6) is 0 Å². The zero-order valence-corrected chi connectivity index (χ0v) is 15.3. The van der Waals surface area contributed by atoms with E-state index in [-0.39, 0.29) is 11.4 Å². The number of amidine groups is 1. The molecule has 25 heavy (non-hydrogen) atoms. The molecule has 1 saturated heterocycles. The minimum absolute atomic E-state index is 0.0649. The zero-order valence-electron chi connectivity index (χ0n) is 14.5. The van der Waals surface area contributed by atoms with Crippen molar-refractivity contribution in [3.8, 4) is 0 Å². The monoisotopic (exact) mass is 354 g/mol. The minimum atomic E-state index is -0.249. The molecule has 4 nitrogen and oxygen atoms in total. The normalized spacial score (nSPS) is 18.3. The lowest BCUT2D eigenvalue weighted by atomic mass is 10.1. The second-order valence-electron chi connectivity index (χ2n) is 6.52. The Labute approximate surface area is 152 Å². The first-order valence-corrected chi connectivity index (χ1v) is 9.32. The smallest absolute Gasteiger partial charge is 0.253 e. The number of thioether (sulfide) groups is 1. The van der Waals surface area contributed by atoms with E-state index in [1.807, 2.05) is 24.3 Å². The van der Waals surface area contributed by atoms with Crippen LogP contribution in [0, 0.1) is 0 Å². The van der Waals surface area contributed by atoms with Crippen LogP contribution < -0.4 is 0 Å². The highest BCUT2D eigenvalue weighted by Crippen LogP contribution is 2.33. The van der Waals surface area contributed by atoms with Crippen molar-refractivity contribution in [1.29, 1.82) is 0 Å². The van der Waals surface area contributed by atoms with Crippen molar-refractivity contribution < 1.29 is 9.21 Å². The Morgan fingerprint density at radius 2 is 2.08 bits per heavy atom. The molecule has 0 radical (unpaired) electrons. The summed E-state index contributed by atoms with van der Waals surface area (Å²) in [5, 5.41) is 0.801. The summed E-state index contributed by atoms with van der Waals surface area (Å²) in [6, 6.07) is 13.9. The number of benzene rings is 1. The third-order valence-corrected chi connectivity index (χ3v) is 5.42. The molecule has 2 aromatic rings. The van der Waals surface area contributed by atoms with Crippen molar-refractivity contribution in [2.24, 2.45) is 4.99 Å². The van der Waals surface area contributed by atoms with Crippen LogP contribution in [0.3, 0.4) is 0 Å². The zero-order chi connectivity index (χ0) is 17.7. The van der Waals surface area contributed by atoms with Crippen molar-refractivity contribution in [1.82, 2.24) is 4.90 Å². The summed E-state index contributed by atoms with van der Waals surface area (Å²) in [5.41, 5.74) is 1.01. The third kappa shape index (κ3) is 4.42. The molecule has 2 heterocycles. The fourth-order valence-electron chi connectivity index (χ4n) is 2.68. The highest BCUT2D eigenvalue weighted by molar-refractivity contribution is 8.14. The van der Waals surface area contributed by atoms with Gasteiger partial charge in [-0.2, -0.15) is 0 Å². The number of aliphatic imine (C=N–C) groups is 1. The number of rotatable bonds is 5. The topological polar surface area (TPSA) is 45.8 Å². The van der Waals surface area contributed by atoms with E-state index in [0.717, 1.165) is 17.3 Å². The van der Waals surface area contributed by atoms with Gasteiger partial charge in [-0.05, 0) is 44.0 Å². The van der Waals surface area contributed by atoms with Crippen LogP contribution in [0.2, 0.25) is 0 Å². The van der Waals surface area contributed by atoms with E-state index in [0.29, 0.717) is 12.3 Å². The van der Waals surface area contributed by atoms with Crippen molar-refractivity contribution in [3.05, 3.63) is 66.1 Å². The molecule has 3 rings (SSSR count). The Bertz CT molecular complexity index is 764. The summed E-state index contributed by atoms with van der Waals surface area (Å²) in [6.07, 6.45) is 5.72. The van der Waals surface area contributed by atoms with Crippen molar-refractivity contribution in [2.75, 3.05) is 12.3 Å². The SMILES string of the molecule is CC1(C)CSC(=NCCc2ccccc2)N1C(=O)/C=C/c1ccco1. The van der Waals surface area contributed by atoms with Gasteiger partial charge >= 0.3 is 0 Å². The van der Waals surface area contributed by atoms with Crippen molar-refractivity contribution >= 4 is 28.9 Å². The summed E-state index contributed by atoms with van der Waals surface area (Å²) in [5.74, 6) is 1.45. The summed E-state index contributed by atoms with van der Waals surface area (Å²) >= 11 is 1.64. The summed E-state index contributed by atoms with van der Waals surface area (Å²) in [4.78, 5) is 19.2. The lowest BCUT2D eigenvalue weighted by Gasteiger charge is -2.29. The molecule has 130 valence electrons. The lowest BCUT2D eigenvalue weighted by Crippen LogP contribution is -2.45. The average molecular weight is 354 g/mol. The van der Waals surface area contributed by atoms with Gasteiger partial charge in [0.15, 0.2) is 5.17 Å². The molecule has 1 aliphatic heterocycles. The number of amides is 1. The van der Waals surface area contributed by atoms with Crippen LogP contribution in [-0.2, 0) is 11.2 Å². The van der Waals surface area contributed by atoms with Crippen LogP contribution in [0.4, 0.5) is 0 Å². The molecule has 5 heteroatoms. The molecule has 1 aromatic carbocycles. The van der Waals surface area contributed by atoms with Gasteiger partial charge in [-0.1, -0.05) is 42.1 Å². The quantitative estimate of drug-likeness (QED) is 0.754. The maximum absolute atomic E-state index is 12.7. The number of hydrogen-bond acceptors (Lipinski definition) is 4. The maximum Gasteiger partial charge on any atom is 0.253 e. The van der Waals surface area contributed by atoms with Gasteiger partial charge in [0, 0.05) is 18.4 Å². The Hall–Kier alpha value is -2.27. The molecule has 1 aromatic heterocycles. The Morgan fingerprint density at radius 3 is 2.80 bits per heavy atom. The first-order chi connectivity index (χ1) is 12.1. The van der Waals surface area contributed by atoms with E-state index in [1.54, 1.807) is 41.1 Å². The fraction of sp³-hybridized carbons (Fsp3) is 0.300. The minimum Gasteiger partial charge on any atom is -0.465 e. The lowest BCUT2D eigenvalue weighted by molar-refractivity contribution is -0.124. The molecule has 1 amide bonds. The fourth-order valence-corrected chi connectivity index (χ4v) is 3.94. The molecule has 1 aliphatic rings. The van der Waals surface area contributed by atoms with Gasteiger partial charge in [-0.25, -0.2) is 0 Å². The van der Waals surface area contributed by atoms with Gasteiger partial charge in [0.25, 0.3) is 5.91 Å². The molecular formula is C20H22N2O2S. The molecule has 1 fully saturated rings. The van der Waals surface area contributed by atoms with Crippen LogP contribution in [0.25, 0.3) is 6.08 Å². The molecule has 0 unspecified atom stereocenters. The number of furan rings is 1. The second-order valence-corrected chi connectivity index (χ2v) is 7.47. The Morgan fingerprint density at radius 1 is 1.28 bits per heavy atom. The van der Waals surface area contributed by atoms with E-state index in [4.69, 9.17) is 4.42 Å². The van der Waals surface area contributed by atoms with Crippen molar-refractivity contribution in [3.63, 3.8) is 0 Å². The van der Waals surface area contributed by atoms with Gasteiger partial charge < -0.3 is 4.42 Å². The predicted molar refractivity (Wildman–Crippen MR) is 104 cm³/mol. The van der Waals surface area contributed by atoms with E-state index in [9.17, 15) is 4.79 Å². The summed E-state index contributed by atoms with van der Waals surface area (Å²) in [7, 11) is 0. The van der Waals surface area contributed by atoms with Gasteiger partial charge in [0.05, 0.1) is 11.8 Å². The molecule has 0 atom stereocenters. The van der Waals surface area contributed by atoms with Crippen LogP contribution in [0.1, 0.15) is 25.2 Å². The number of nitrogens with zero attached hydrogens (tertiary/aromatic N) is 2. The van der Waals surface area contributed by atoms with Gasteiger partial charge in [0.1, 0.15) is 5.76 Å². The molecule has 0 aliphatic carbocycles. The van der Waals surface area contributed by atoms with E-state index >= 15 is 0 Å². The Balaban J connectivity index is 1.69. The Kier molecular flexibility index (Phi) is 5.43. The third-order valence-electron chi connectivity index (χ3n) is 4.00. The van der Waals surface area contributed by atoms with Gasteiger partial charge in [0.2, 0.25) is 0 Å². The predicted octanol–water partition coefficient (Wildman–Crippen LogP) is 4.25. The number of carbonyl (C=O) groups is 1. The first-order valence-electron chi connectivity index (χ1n) is 8.33. The van der Waals surface area contributed by atoms with Gasteiger partial charge in [-0.3, -0.25) is 14.7 Å². The summed E-state index contributed by atoms with van der Waals surface area (Å²) in [6.45, 7) is 4.81. The number of carbonyl (C=O) groups excluding carboxylic acids is 1. The molecule has 0 bridgehead atoms. The highest BCUT2D eigenvalue weighted by Gasteiger charge is 2.40. The standard InChI is InChI=1S/C20H22N2O2S/c1-20(2)15-25-19(21-13-12-16-7-4-3-5-8-16)22(20)18(23)11-10-17-9-6-14-24-17/h3-11,14H,12-13,15H2,1-2H3/b11-10+,21-19?. The van der Waals surface area contributed by atoms with E-state index in [1.165, 1.54) is 5.56 Å². The molecule has 0 N–H and O–H groups in total. The maximum atomic E-state index is 12.7. The van der Waals surface area contributed by atoms with Crippen LogP contribution in [0.15, 0.2) is 64.2 Å². The molecular weight excluding hydrogens is 332 g/mol. The van der Waals surface area contributed by atoms with E-state index in [2.05, 4.69) is 31.0 Å². The van der Waals surface area contributed by atoms with Gasteiger partial charge in [-0.15, -0.1) is 0 Å². The number of hydrogen-bond donors (Lipinski definition) is 0. The second kappa shape index (κ2) is 7.74. The molecule has 0 spiro atoms.